The van der Waals surface area contributed by atoms with Gasteiger partial charge in [0.15, 0.2) is 11.4 Å². The van der Waals surface area contributed by atoms with Gasteiger partial charge in [-0.3, -0.25) is 0 Å². The van der Waals surface area contributed by atoms with Gasteiger partial charge in [0.2, 0.25) is 0 Å². The normalized spacial score (nSPS) is 10.4. The second-order valence-electron chi connectivity index (χ2n) is 9.95. The number of halogens is 1. The van der Waals surface area contributed by atoms with Gasteiger partial charge in [0.25, 0.3) is 0 Å². The first-order valence-corrected chi connectivity index (χ1v) is 14.8. The third-order valence-electron chi connectivity index (χ3n) is 7.41. The highest BCUT2D eigenvalue weighted by Gasteiger charge is 2.18. The van der Waals surface area contributed by atoms with Crippen LogP contribution >= 0.6 is 15.9 Å². The summed E-state index contributed by atoms with van der Waals surface area (Å²) >= 11 is 3.52. The number of methoxy groups -OCH3 is 4. The molecule has 4 aromatic carbocycles. The van der Waals surface area contributed by atoms with E-state index < -0.39 is 11.9 Å². The van der Waals surface area contributed by atoms with Crippen molar-refractivity contribution in [3.8, 4) is 22.9 Å². The van der Waals surface area contributed by atoms with E-state index >= 15 is 0 Å². The van der Waals surface area contributed by atoms with Crippen LogP contribution in [-0.4, -0.2) is 49.5 Å². The number of nitrogens with zero attached hydrogens (tertiary/aromatic N) is 4. The molecule has 0 aliphatic carbocycles. The number of carbonyl (C=O) groups excluding carboxylic acids is 2. The van der Waals surface area contributed by atoms with Gasteiger partial charge in [-0.05, 0) is 88.0 Å². The van der Waals surface area contributed by atoms with Gasteiger partial charge in [-0.15, -0.1) is 0 Å². The van der Waals surface area contributed by atoms with Crippen molar-refractivity contribution in [2.24, 2.45) is 0 Å². The van der Waals surface area contributed by atoms with Gasteiger partial charge in [-0.1, -0.05) is 12.1 Å². The lowest BCUT2D eigenvalue weighted by molar-refractivity contribution is 0.0591. The number of benzene rings is 4. The molecule has 234 valence electrons. The van der Waals surface area contributed by atoms with Gasteiger partial charge in [-0.2, -0.15) is 0 Å². The molecule has 6 aromatic rings. The van der Waals surface area contributed by atoms with Crippen LogP contribution in [0.3, 0.4) is 0 Å². The summed E-state index contributed by atoms with van der Waals surface area (Å²) in [6, 6.07) is 23.3. The van der Waals surface area contributed by atoms with Crippen LogP contribution in [0.1, 0.15) is 20.7 Å². The maximum atomic E-state index is 12.2. The first-order chi connectivity index (χ1) is 22.8. The monoisotopic (exact) mass is 690 g/mol. The van der Waals surface area contributed by atoms with Gasteiger partial charge in [0.05, 0.1) is 75.1 Å². The van der Waals surface area contributed by atoms with E-state index in [2.05, 4.69) is 25.6 Å². The van der Waals surface area contributed by atoms with E-state index in [-0.39, 0.29) is 0 Å². The number of hydrogen-bond donors (Lipinski definition) is 0. The first-order valence-electron chi connectivity index (χ1n) is 14.0. The fourth-order valence-corrected chi connectivity index (χ4v) is 5.63. The molecule has 2 heterocycles. The van der Waals surface area contributed by atoms with E-state index in [9.17, 15) is 9.59 Å². The molecule has 0 aliphatic heterocycles. The summed E-state index contributed by atoms with van der Waals surface area (Å²) in [4.78, 5) is 31.2. The van der Waals surface area contributed by atoms with Crippen molar-refractivity contribution in [2.45, 2.75) is 0 Å². The maximum absolute atomic E-state index is 12.2. The number of carbonyl (C=O) groups is 2. The SMILES string of the molecule is [C-]#[N+]c1ccc2c(c1)c(Br)cn2-c1ccc(OC)cc1C(=O)OC.[C-]#[N+]c1ccc2c(ccn2-c2ccc(OC)cc2C(=O)OC)c1. The minimum atomic E-state index is -0.445. The van der Waals surface area contributed by atoms with Crippen LogP contribution in [0.4, 0.5) is 11.4 Å². The Bertz CT molecular complexity index is 2240. The van der Waals surface area contributed by atoms with Crippen LogP contribution in [0.5, 0.6) is 11.5 Å². The molecule has 6 rings (SSSR count). The molecule has 10 nitrogen and oxygen atoms in total. The Morgan fingerprint density at radius 2 is 1.19 bits per heavy atom. The summed E-state index contributed by atoms with van der Waals surface area (Å²) in [5.41, 5.74) is 5.12. The topological polar surface area (TPSA) is 89.6 Å². The van der Waals surface area contributed by atoms with Gasteiger partial charge >= 0.3 is 11.9 Å². The predicted molar refractivity (Wildman–Crippen MR) is 183 cm³/mol. The Hall–Kier alpha value is -6.04. The Labute approximate surface area is 279 Å². The summed E-state index contributed by atoms with van der Waals surface area (Å²) in [6.07, 6.45) is 3.74. The Morgan fingerprint density at radius 1 is 0.660 bits per heavy atom. The molecule has 0 amide bonds. The minimum absolute atomic E-state index is 0.399. The maximum Gasteiger partial charge on any atom is 0.340 e. The van der Waals surface area contributed by atoms with Gasteiger partial charge in [-0.25, -0.2) is 19.3 Å². The van der Waals surface area contributed by atoms with Crippen molar-refractivity contribution >= 4 is 61.0 Å². The molecule has 0 atom stereocenters. The number of ether oxygens (including phenoxy) is 4. The zero-order chi connectivity index (χ0) is 33.7. The molecule has 0 saturated carbocycles. The molecule has 11 heteroatoms. The molecule has 0 radical (unpaired) electrons. The highest BCUT2D eigenvalue weighted by atomic mass is 79.9. The lowest BCUT2D eigenvalue weighted by Gasteiger charge is -2.12. The standard InChI is InChI=1S/C18H13BrN2O3.C18H14N2O3/c1-20-11-4-6-16-13(8-11)15(19)10-21(16)17-7-5-12(23-2)9-14(17)18(22)24-3;1-19-13-4-6-16-12(10-13)8-9-20(16)17-7-5-14(22-2)11-15(17)18(21)23-3/h4-10H,2-3H3;4-11H,2-3H3. The minimum Gasteiger partial charge on any atom is -0.497 e. The third kappa shape index (κ3) is 6.39. The van der Waals surface area contributed by atoms with Crippen molar-refractivity contribution in [3.05, 3.63) is 130 Å². The van der Waals surface area contributed by atoms with Crippen LogP contribution in [0.25, 0.3) is 42.9 Å². The van der Waals surface area contributed by atoms with Crippen molar-refractivity contribution in [1.82, 2.24) is 9.13 Å². The number of rotatable bonds is 6. The zero-order valence-corrected chi connectivity index (χ0v) is 27.4. The van der Waals surface area contributed by atoms with E-state index in [1.165, 1.54) is 14.2 Å². The molecule has 0 bridgehead atoms. The lowest BCUT2D eigenvalue weighted by Crippen LogP contribution is -2.07. The fourth-order valence-electron chi connectivity index (χ4n) is 5.11. The van der Waals surface area contributed by atoms with Crippen molar-refractivity contribution in [1.29, 1.82) is 0 Å². The Balaban J connectivity index is 0.000000185. The smallest absolute Gasteiger partial charge is 0.340 e. The Morgan fingerprint density at radius 3 is 1.72 bits per heavy atom. The second-order valence-corrected chi connectivity index (χ2v) is 10.8. The third-order valence-corrected chi connectivity index (χ3v) is 8.04. The van der Waals surface area contributed by atoms with Crippen LogP contribution < -0.4 is 9.47 Å². The molecule has 47 heavy (non-hydrogen) atoms. The summed E-state index contributed by atoms with van der Waals surface area (Å²) in [6.45, 7) is 14.2. The summed E-state index contributed by atoms with van der Waals surface area (Å²) in [5, 5.41) is 1.83. The van der Waals surface area contributed by atoms with Crippen molar-refractivity contribution in [3.63, 3.8) is 0 Å². The first kappa shape index (κ1) is 32.4. The average Bonchev–Trinajstić information content (AvgIpc) is 3.70. The number of hydrogen-bond acceptors (Lipinski definition) is 6. The molecule has 0 N–H and O–H groups in total. The molecular formula is C36H27BrN4O6. The van der Waals surface area contributed by atoms with Crippen molar-refractivity contribution < 1.29 is 28.5 Å². The highest BCUT2D eigenvalue weighted by Crippen LogP contribution is 2.34. The number of fused-ring (bicyclic) bond motifs is 2. The van der Waals surface area contributed by atoms with E-state index in [1.54, 1.807) is 56.7 Å². The molecule has 0 fully saturated rings. The molecule has 0 saturated heterocycles. The number of aromatic nitrogens is 2. The molecule has 0 aliphatic rings. The van der Waals surface area contributed by atoms with Gasteiger partial charge < -0.3 is 28.1 Å². The van der Waals surface area contributed by atoms with Crippen LogP contribution in [-0.2, 0) is 9.47 Å². The fraction of sp³-hybridized carbons (Fsp3) is 0.111. The van der Waals surface area contributed by atoms with E-state index in [0.717, 1.165) is 26.3 Å². The van der Waals surface area contributed by atoms with Gasteiger partial charge in [0, 0.05) is 22.3 Å². The van der Waals surface area contributed by atoms with E-state index in [0.29, 0.717) is 45.4 Å². The van der Waals surface area contributed by atoms with Crippen molar-refractivity contribution in [2.75, 3.05) is 28.4 Å². The van der Waals surface area contributed by atoms with E-state index in [1.807, 2.05) is 57.9 Å². The number of esters is 2. The quantitative estimate of drug-likeness (QED) is 0.128. The zero-order valence-electron chi connectivity index (χ0n) is 25.8. The van der Waals surface area contributed by atoms with Crippen LogP contribution in [0, 0.1) is 13.1 Å². The molecule has 0 unspecified atom stereocenters. The average molecular weight is 692 g/mol. The molecule has 2 aromatic heterocycles. The molecule has 0 spiro atoms. The highest BCUT2D eigenvalue weighted by molar-refractivity contribution is 9.10. The van der Waals surface area contributed by atoms with E-state index in [4.69, 9.17) is 32.1 Å². The summed E-state index contributed by atoms with van der Waals surface area (Å²) in [5.74, 6) is 0.282. The Kier molecular flexibility index (Phi) is 9.60. The molecular weight excluding hydrogens is 664 g/mol. The van der Waals surface area contributed by atoms with Gasteiger partial charge in [0.1, 0.15) is 11.5 Å². The largest absolute Gasteiger partial charge is 0.497 e. The van der Waals surface area contributed by atoms with Crippen LogP contribution in [0.15, 0.2) is 95.7 Å². The summed E-state index contributed by atoms with van der Waals surface area (Å²) in [7, 11) is 5.79. The van der Waals surface area contributed by atoms with Crippen LogP contribution in [0.2, 0.25) is 0 Å². The predicted octanol–water partition coefficient (Wildman–Crippen LogP) is 8.72. The second kappa shape index (κ2) is 13.9. The summed E-state index contributed by atoms with van der Waals surface area (Å²) < 4.78 is 24.8. The lowest BCUT2D eigenvalue weighted by atomic mass is 10.1.